The maximum Gasteiger partial charge on any atom is 0.257 e. The van der Waals surface area contributed by atoms with Crippen LogP contribution in [0.15, 0.2) is 53.5 Å². The molecule has 8 heteroatoms. The molecule has 0 aliphatic carbocycles. The normalized spacial score (nSPS) is 16.1. The Labute approximate surface area is 175 Å². The Morgan fingerprint density at radius 1 is 1.07 bits per heavy atom. The van der Waals surface area contributed by atoms with Gasteiger partial charge in [0.1, 0.15) is 5.75 Å². The molecular formula is C22H26N4O4. The van der Waals surface area contributed by atoms with E-state index >= 15 is 0 Å². The summed E-state index contributed by atoms with van der Waals surface area (Å²) < 4.78 is 10.8. The summed E-state index contributed by atoms with van der Waals surface area (Å²) in [5.74, 6) is 0.601. The standard InChI is InChI=1S/C22H26N4O4/c1-15(27)24-17-7-5-16(6-8-17)21(28)26-22(23-14-20-4-3-13-30-20)25-18-9-11-19(29-2)12-10-18/h5-12,20H,3-4,13-14H2,1-2H3,(H,24,27)(H2,23,25,26,28). The second-order valence-electron chi connectivity index (χ2n) is 6.89. The average molecular weight is 410 g/mol. The van der Waals surface area contributed by atoms with Gasteiger partial charge < -0.3 is 20.1 Å². The molecule has 1 heterocycles. The molecular weight excluding hydrogens is 384 g/mol. The van der Waals surface area contributed by atoms with Gasteiger partial charge >= 0.3 is 0 Å². The molecule has 2 aromatic carbocycles. The van der Waals surface area contributed by atoms with Gasteiger partial charge in [0.15, 0.2) is 0 Å². The van der Waals surface area contributed by atoms with E-state index in [9.17, 15) is 9.59 Å². The number of benzene rings is 2. The third-order valence-corrected chi connectivity index (χ3v) is 4.53. The van der Waals surface area contributed by atoms with Crippen LogP contribution < -0.4 is 20.7 Å². The van der Waals surface area contributed by atoms with Crippen LogP contribution in [0, 0.1) is 0 Å². The van der Waals surface area contributed by atoms with Crippen LogP contribution in [0.5, 0.6) is 5.75 Å². The highest BCUT2D eigenvalue weighted by molar-refractivity contribution is 6.10. The van der Waals surface area contributed by atoms with Gasteiger partial charge in [-0.2, -0.15) is 0 Å². The number of carbonyl (C=O) groups excluding carboxylic acids is 2. The molecule has 3 rings (SSSR count). The number of aliphatic imine (C=N–C) groups is 1. The zero-order valence-corrected chi connectivity index (χ0v) is 17.1. The van der Waals surface area contributed by atoms with Crippen LogP contribution >= 0.6 is 0 Å². The smallest absolute Gasteiger partial charge is 0.257 e. The summed E-state index contributed by atoms with van der Waals surface area (Å²) in [6.07, 6.45) is 2.04. The van der Waals surface area contributed by atoms with E-state index < -0.39 is 0 Å². The van der Waals surface area contributed by atoms with Crippen LogP contribution in [0.4, 0.5) is 11.4 Å². The topological polar surface area (TPSA) is 101 Å². The minimum absolute atomic E-state index is 0.0616. The average Bonchev–Trinajstić information content (AvgIpc) is 3.26. The quantitative estimate of drug-likeness (QED) is 0.502. The minimum atomic E-state index is -0.309. The highest BCUT2D eigenvalue weighted by Crippen LogP contribution is 2.16. The number of hydrogen-bond acceptors (Lipinski definition) is 5. The summed E-state index contributed by atoms with van der Waals surface area (Å²) in [5.41, 5.74) is 1.84. The molecule has 1 unspecified atom stereocenters. The Bertz CT molecular complexity index is 888. The lowest BCUT2D eigenvalue weighted by Gasteiger charge is -2.14. The number of amides is 2. The first-order chi connectivity index (χ1) is 14.5. The molecule has 30 heavy (non-hydrogen) atoms. The van der Waals surface area contributed by atoms with Crippen molar-refractivity contribution >= 4 is 29.1 Å². The number of guanidine groups is 1. The number of hydrogen-bond donors (Lipinski definition) is 3. The highest BCUT2D eigenvalue weighted by Gasteiger charge is 2.16. The van der Waals surface area contributed by atoms with Crippen molar-refractivity contribution in [1.29, 1.82) is 0 Å². The Morgan fingerprint density at radius 2 is 1.73 bits per heavy atom. The van der Waals surface area contributed by atoms with E-state index in [1.807, 2.05) is 24.3 Å². The first kappa shape index (κ1) is 21.3. The molecule has 0 aromatic heterocycles. The maximum atomic E-state index is 12.7. The zero-order valence-electron chi connectivity index (χ0n) is 17.1. The fraction of sp³-hybridized carbons (Fsp3) is 0.318. The van der Waals surface area contributed by atoms with Crippen molar-refractivity contribution in [3.63, 3.8) is 0 Å². The fourth-order valence-corrected chi connectivity index (χ4v) is 2.99. The molecule has 1 saturated heterocycles. The summed E-state index contributed by atoms with van der Waals surface area (Å²) in [6.45, 7) is 2.64. The number of ether oxygens (including phenoxy) is 2. The Kier molecular flexibility index (Phi) is 7.40. The third-order valence-electron chi connectivity index (χ3n) is 4.53. The van der Waals surface area contributed by atoms with Gasteiger partial charge in [-0.1, -0.05) is 0 Å². The number of rotatable bonds is 6. The van der Waals surface area contributed by atoms with Crippen LogP contribution in [0.2, 0.25) is 0 Å². The highest BCUT2D eigenvalue weighted by atomic mass is 16.5. The second-order valence-corrected chi connectivity index (χ2v) is 6.89. The SMILES string of the molecule is COc1ccc(NC(=NCC2CCCO2)NC(=O)c2ccc(NC(C)=O)cc2)cc1. The van der Waals surface area contributed by atoms with E-state index in [0.29, 0.717) is 23.8 Å². The summed E-state index contributed by atoms with van der Waals surface area (Å²) in [6, 6.07) is 14.0. The van der Waals surface area contributed by atoms with Gasteiger partial charge in [-0.3, -0.25) is 14.9 Å². The molecule has 2 amide bonds. The largest absolute Gasteiger partial charge is 0.497 e. The third kappa shape index (κ3) is 6.31. The Morgan fingerprint density at radius 3 is 2.33 bits per heavy atom. The summed E-state index contributed by atoms with van der Waals surface area (Å²) in [4.78, 5) is 28.4. The molecule has 2 aromatic rings. The molecule has 0 bridgehead atoms. The van der Waals surface area contributed by atoms with Crippen molar-refractivity contribution in [3.8, 4) is 5.75 Å². The van der Waals surface area contributed by atoms with Gasteiger partial charge in [0.25, 0.3) is 5.91 Å². The van der Waals surface area contributed by atoms with Gasteiger partial charge in [0.2, 0.25) is 11.9 Å². The predicted molar refractivity (Wildman–Crippen MR) is 116 cm³/mol. The summed E-state index contributed by atoms with van der Waals surface area (Å²) in [7, 11) is 1.61. The number of methoxy groups -OCH3 is 1. The van der Waals surface area contributed by atoms with E-state index in [1.54, 1.807) is 31.4 Å². The lowest BCUT2D eigenvalue weighted by Crippen LogP contribution is -2.36. The molecule has 0 radical (unpaired) electrons. The van der Waals surface area contributed by atoms with E-state index in [1.165, 1.54) is 6.92 Å². The van der Waals surface area contributed by atoms with Crippen molar-refractivity contribution in [3.05, 3.63) is 54.1 Å². The van der Waals surface area contributed by atoms with Crippen molar-refractivity contribution in [1.82, 2.24) is 5.32 Å². The first-order valence-corrected chi connectivity index (χ1v) is 9.79. The van der Waals surface area contributed by atoms with Gasteiger partial charge in [-0.25, -0.2) is 4.99 Å². The molecule has 158 valence electrons. The van der Waals surface area contributed by atoms with E-state index in [-0.39, 0.29) is 17.9 Å². The first-order valence-electron chi connectivity index (χ1n) is 9.79. The van der Waals surface area contributed by atoms with Gasteiger partial charge in [0.05, 0.1) is 19.8 Å². The molecule has 0 spiro atoms. The van der Waals surface area contributed by atoms with Crippen molar-refractivity contribution < 1.29 is 19.1 Å². The molecule has 1 aliphatic rings. The van der Waals surface area contributed by atoms with Crippen LogP contribution in [0.3, 0.4) is 0 Å². The minimum Gasteiger partial charge on any atom is -0.497 e. The van der Waals surface area contributed by atoms with Gasteiger partial charge in [0, 0.05) is 30.5 Å². The molecule has 3 N–H and O–H groups in total. The monoisotopic (exact) mass is 410 g/mol. The molecule has 8 nitrogen and oxygen atoms in total. The second kappa shape index (κ2) is 10.4. The van der Waals surface area contributed by atoms with E-state index in [0.717, 1.165) is 30.9 Å². The number of carbonyl (C=O) groups is 2. The Balaban J connectivity index is 1.70. The van der Waals surface area contributed by atoms with Crippen LogP contribution in [-0.2, 0) is 9.53 Å². The van der Waals surface area contributed by atoms with Gasteiger partial charge in [-0.05, 0) is 61.4 Å². The van der Waals surface area contributed by atoms with Crippen LogP contribution in [-0.4, -0.2) is 44.1 Å². The molecule has 0 saturated carbocycles. The van der Waals surface area contributed by atoms with E-state index in [2.05, 4.69) is 20.9 Å². The van der Waals surface area contributed by atoms with Crippen LogP contribution in [0.25, 0.3) is 0 Å². The van der Waals surface area contributed by atoms with Gasteiger partial charge in [-0.15, -0.1) is 0 Å². The predicted octanol–water partition coefficient (Wildman–Crippen LogP) is 3.03. The number of nitrogens with zero attached hydrogens (tertiary/aromatic N) is 1. The van der Waals surface area contributed by atoms with Crippen molar-refractivity contribution in [2.45, 2.75) is 25.9 Å². The van der Waals surface area contributed by atoms with E-state index in [4.69, 9.17) is 9.47 Å². The number of anilines is 2. The molecule has 1 aliphatic heterocycles. The molecule has 1 fully saturated rings. The lowest BCUT2D eigenvalue weighted by atomic mass is 10.2. The molecule has 1 atom stereocenters. The summed E-state index contributed by atoms with van der Waals surface area (Å²) >= 11 is 0. The zero-order chi connectivity index (χ0) is 21.3. The maximum absolute atomic E-state index is 12.7. The van der Waals surface area contributed by atoms with Crippen molar-refractivity contribution in [2.75, 3.05) is 30.9 Å². The van der Waals surface area contributed by atoms with Crippen LogP contribution in [0.1, 0.15) is 30.1 Å². The van der Waals surface area contributed by atoms with Crippen molar-refractivity contribution in [2.24, 2.45) is 4.99 Å². The fourth-order valence-electron chi connectivity index (χ4n) is 2.99. The Hall–Kier alpha value is -3.39. The number of nitrogens with one attached hydrogen (secondary N) is 3. The lowest BCUT2D eigenvalue weighted by molar-refractivity contribution is -0.114. The summed E-state index contributed by atoms with van der Waals surface area (Å²) in [5, 5.41) is 8.64.